The maximum absolute atomic E-state index is 10.8. The molecule has 98 valence electrons. The number of non-ortho nitro benzene ring substituents is 1. The molecular formula is C13H19N3O2. The van der Waals surface area contributed by atoms with Crippen LogP contribution < -0.4 is 10.6 Å². The molecule has 1 aromatic rings. The van der Waals surface area contributed by atoms with Gasteiger partial charge in [-0.15, -0.1) is 0 Å². The molecule has 0 bridgehead atoms. The summed E-state index contributed by atoms with van der Waals surface area (Å²) in [4.78, 5) is 12.7. The van der Waals surface area contributed by atoms with Crippen molar-refractivity contribution in [3.8, 4) is 0 Å². The first kappa shape index (κ1) is 12.7. The number of nitro benzene ring substituents is 1. The van der Waals surface area contributed by atoms with Crippen molar-refractivity contribution in [3.63, 3.8) is 0 Å². The molecular weight excluding hydrogens is 230 g/mol. The molecule has 5 heteroatoms. The summed E-state index contributed by atoms with van der Waals surface area (Å²) in [5.74, 6) is 0.728. The lowest BCUT2D eigenvalue weighted by molar-refractivity contribution is -0.384. The van der Waals surface area contributed by atoms with Crippen molar-refractivity contribution in [1.82, 2.24) is 0 Å². The molecule has 0 radical (unpaired) electrons. The highest BCUT2D eigenvalue weighted by atomic mass is 16.6. The fourth-order valence-electron chi connectivity index (χ4n) is 2.43. The predicted octanol–water partition coefficient (Wildman–Crippen LogP) is 2.80. The number of rotatable bonds is 2. The number of nitro groups is 1. The maximum Gasteiger partial charge on any atom is 0.273 e. The molecule has 18 heavy (non-hydrogen) atoms. The Morgan fingerprint density at radius 3 is 2.83 bits per heavy atom. The molecule has 1 unspecified atom stereocenters. The minimum atomic E-state index is -0.389. The van der Waals surface area contributed by atoms with E-state index in [1.54, 1.807) is 6.07 Å². The van der Waals surface area contributed by atoms with Gasteiger partial charge in [0.15, 0.2) is 0 Å². The van der Waals surface area contributed by atoms with Gasteiger partial charge in [-0.1, -0.05) is 6.92 Å². The third-order valence-electron chi connectivity index (χ3n) is 3.52. The van der Waals surface area contributed by atoms with E-state index < -0.39 is 0 Å². The summed E-state index contributed by atoms with van der Waals surface area (Å²) in [6.07, 6.45) is 3.48. The van der Waals surface area contributed by atoms with Crippen molar-refractivity contribution in [2.45, 2.75) is 26.2 Å². The normalized spacial score (nSPS) is 20.5. The third kappa shape index (κ3) is 2.91. The van der Waals surface area contributed by atoms with Gasteiger partial charge in [-0.2, -0.15) is 0 Å². The molecule has 0 aromatic heterocycles. The number of nitrogens with two attached hydrogens (primary N) is 1. The molecule has 0 saturated carbocycles. The first-order chi connectivity index (χ1) is 8.56. The standard InChI is InChI=1S/C13H19N3O2/c1-10-3-2-5-15(6-4-10)12-7-11(14)8-13(9-12)16(17)18/h7-10H,2-6,14H2,1H3. The Balaban J connectivity index is 2.24. The van der Waals surface area contributed by atoms with Crippen LogP contribution in [0.5, 0.6) is 0 Å². The van der Waals surface area contributed by atoms with Gasteiger partial charge in [0.1, 0.15) is 0 Å². The van der Waals surface area contributed by atoms with Crippen LogP contribution in [0.3, 0.4) is 0 Å². The molecule has 2 rings (SSSR count). The van der Waals surface area contributed by atoms with Gasteiger partial charge in [0, 0.05) is 36.6 Å². The summed E-state index contributed by atoms with van der Waals surface area (Å²) in [7, 11) is 0. The van der Waals surface area contributed by atoms with E-state index in [0.717, 1.165) is 37.5 Å². The van der Waals surface area contributed by atoms with Crippen LogP contribution in [0.1, 0.15) is 26.2 Å². The zero-order valence-electron chi connectivity index (χ0n) is 10.6. The average molecular weight is 249 g/mol. The van der Waals surface area contributed by atoms with E-state index in [4.69, 9.17) is 5.73 Å². The Bertz CT molecular complexity index is 448. The van der Waals surface area contributed by atoms with Crippen molar-refractivity contribution >= 4 is 17.1 Å². The van der Waals surface area contributed by atoms with Crippen LogP contribution in [0.2, 0.25) is 0 Å². The van der Waals surface area contributed by atoms with E-state index in [9.17, 15) is 10.1 Å². The molecule has 1 fully saturated rings. The van der Waals surface area contributed by atoms with Crippen molar-refractivity contribution in [3.05, 3.63) is 28.3 Å². The Hall–Kier alpha value is -1.78. The Kier molecular flexibility index (Phi) is 3.69. The summed E-state index contributed by atoms with van der Waals surface area (Å²) >= 11 is 0. The van der Waals surface area contributed by atoms with E-state index in [0.29, 0.717) is 5.69 Å². The van der Waals surface area contributed by atoms with Gasteiger partial charge in [-0.25, -0.2) is 0 Å². The highest BCUT2D eigenvalue weighted by Crippen LogP contribution is 2.28. The summed E-state index contributed by atoms with van der Waals surface area (Å²) in [5.41, 5.74) is 7.14. The maximum atomic E-state index is 10.8. The molecule has 0 amide bonds. The summed E-state index contributed by atoms with van der Waals surface area (Å²) in [5, 5.41) is 10.8. The topological polar surface area (TPSA) is 72.4 Å². The fourth-order valence-corrected chi connectivity index (χ4v) is 2.43. The van der Waals surface area contributed by atoms with Crippen molar-refractivity contribution in [1.29, 1.82) is 0 Å². The second-order valence-corrected chi connectivity index (χ2v) is 5.06. The van der Waals surface area contributed by atoms with Crippen molar-refractivity contribution in [2.75, 3.05) is 23.7 Å². The van der Waals surface area contributed by atoms with Crippen molar-refractivity contribution in [2.24, 2.45) is 5.92 Å². The van der Waals surface area contributed by atoms with E-state index >= 15 is 0 Å². The highest BCUT2D eigenvalue weighted by Gasteiger charge is 2.17. The van der Waals surface area contributed by atoms with E-state index in [1.807, 2.05) is 6.07 Å². The number of hydrogen-bond acceptors (Lipinski definition) is 4. The lowest BCUT2D eigenvalue weighted by Crippen LogP contribution is -2.24. The Labute approximate surface area is 107 Å². The van der Waals surface area contributed by atoms with E-state index in [2.05, 4.69) is 11.8 Å². The van der Waals surface area contributed by atoms with Crippen LogP contribution >= 0.6 is 0 Å². The minimum Gasteiger partial charge on any atom is -0.398 e. The second kappa shape index (κ2) is 5.25. The lowest BCUT2D eigenvalue weighted by atomic mass is 10.0. The number of nitrogen functional groups attached to an aromatic ring is 1. The molecule has 1 aliphatic heterocycles. The summed E-state index contributed by atoms with van der Waals surface area (Å²) in [6.45, 7) is 4.15. The fraction of sp³-hybridized carbons (Fsp3) is 0.538. The molecule has 1 heterocycles. The first-order valence-electron chi connectivity index (χ1n) is 6.36. The number of anilines is 2. The van der Waals surface area contributed by atoms with Gasteiger partial charge in [-0.05, 0) is 31.2 Å². The number of benzene rings is 1. The molecule has 5 nitrogen and oxygen atoms in total. The van der Waals surface area contributed by atoms with E-state index in [1.165, 1.54) is 12.5 Å². The van der Waals surface area contributed by atoms with Gasteiger partial charge in [-0.3, -0.25) is 10.1 Å². The number of nitrogens with zero attached hydrogens (tertiary/aromatic N) is 2. The molecule has 2 N–H and O–H groups in total. The zero-order valence-corrected chi connectivity index (χ0v) is 10.6. The third-order valence-corrected chi connectivity index (χ3v) is 3.52. The predicted molar refractivity (Wildman–Crippen MR) is 72.7 cm³/mol. The van der Waals surface area contributed by atoms with Crippen LogP contribution in [-0.2, 0) is 0 Å². The number of hydrogen-bond donors (Lipinski definition) is 1. The van der Waals surface area contributed by atoms with Crippen LogP contribution in [0.15, 0.2) is 18.2 Å². The molecule has 0 aliphatic carbocycles. The summed E-state index contributed by atoms with van der Waals surface area (Å²) in [6, 6.07) is 4.85. The SMILES string of the molecule is CC1CCCN(c2cc(N)cc([N+](=O)[O-])c2)CC1. The molecule has 1 atom stereocenters. The minimum absolute atomic E-state index is 0.0716. The first-order valence-corrected chi connectivity index (χ1v) is 6.36. The lowest BCUT2D eigenvalue weighted by Gasteiger charge is -2.22. The smallest absolute Gasteiger partial charge is 0.273 e. The van der Waals surface area contributed by atoms with E-state index in [-0.39, 0.29) is 10.6 Å². The van der Waals surface area contributed by atoms with Crippen molar-refractivity contribution < 1.29 is 4.92 Å². The van der Waals surface area contributed by atoms with Crippen LogP contribution in [-0.4, -0.2) is 18.0 Å². The zero-order chi connectivity index (χ0) is 13.1. The summed E-state index contributed by atoms with van der Waals surface area (Å²) < 4.78 is 0. The van der Waals surface area contributed by atoms with Crippen LogP contribution in [0, 0.1) is 16.0 Å². The largest absolute Gasteiger partial charge is 0.398 e. The van der Waals surface area contributed by atoms with Gasteiger partial charge in [0.2, 0.25) is 0 Å². The van der Waals surface area contributed by atoms with Gasteiger partial charge in [0.25, 0.3) is 5.69 Å². The van der Waals surface area contributed by atoms with Gasteiger partial charge >= 0.3 is 0 Å². The average Bonchev–Trinajstić information content (AvgIpc) is 2.53. The quantitative estimate of drug-likeness (QED) is 0.497. The monoisotopic (exact) mass is 249 g/mol. The van der Waals surface area contributed by atoms with Crippen LogP contribution in [0.25, 0.3) is 0 Å². The Morgan fingerprint density at radius 2 is 2.11 bits per heavy atom. The second-order valence-electron chi connectivity index (χ2n) is 5.06. The van der Waals surface area contributed by atoms with Crippen LogP contribution in [0.4, 0.5) is 17.1 Å². The molecule has 1 aliphatic rings. The Morgan fingerprint density at radius 1 is 1.33 bits per heavy atom. The molecule has 1 saturated heterocycles. The molecule has 1 aromatic carbocycles. The van der Waals surface area contributed by atoms with Gasteiger partial charge < -0.3 is 10.6 Å². The highest BCUT2D eigenvalue weighted by molar-refractivity contribution is 5.62. The van der Waals surface area contributed by atoms with Gasteiger partial charge in [0.05, 0.1) is 4.92 Å². The molecule has 0 spiro atoms.